The van der Waals surface area contributed by atoms with Gasteiger partial charge in [0.25, 0.3) is 0 Å². The van der Waals surface area contributed by atoms with Gasteiger partial charge in [-0.1, -0.05) is 29.8 Å². The molecular weight excluding hydrogens is 162 g/mol. The second-order valence-corrected chi connectivity index (χ2v) is 3.62. The van der Waals surface area contributed by atoms with Crippen LogP contribution in [0.25, 0.3) is 0 Å². The van der Waals surface area contributed by atoms with Crippen LogP contribution in [0, 0.1) is 6.92 Å². The van der Waals surface area contributed by atoms with Crippen LogP contribution in [-0.2, 0) is 4.79 Å². The molecule has 68 valence electrons. The predicted molar refractivity (Wildman–Crippen MR) is 51.5 cm³/mol. The lowest BCUT2D eigenvalue weighted by Gasteiger charge is -2.06. The van der Waals surface area contributed by atoms with Crippen LogP contribution in [0.15, 0.2) is 24.3 Å². The number of nitrogens with one attached hydrogen (secondary N) is 1. The molecule has 1 atom stereocenters. The molecule has 1 unspecified atom stereocenters. The van der Waals surface area contributed by atoms with Crippen LogP contribution < -0.4 is 5.32 Å². The van der Waals surface area contributed by atoms with E-state index in [-0.39, 0.29) is 5.91 Å². The summed E-state index contributed by atoms with van der Waals surface area (Å²) in [5.41, 5.74) is 2.53. The Morgan fingerprint density at radius 2 is 2.00 bits per heavy atom. The molecule has 1 aromatic rings. The van der Waals surface area contributed by atoms with Crippen molar-refractivity contribution in [2.45, 2.75) is 19.3 Å². The maximum absolute atomic E-state index is 11.0. The van der Waals surface area contributed by atoms with Gasteiger partial charge in [0.15, 0.2) is 0 Å². The van der Waals surface area contributed by atoms with E-state index >= 15 is 0 Å². The second kappa shape index (κ2) is 3.21. The number of carbonyl (C=O) groups is 1. The zero-order valence-electron chi connectivity index (χ0n) is 7.71. The summed E-state index contributed by atoms with van der Waals surface area (Å²) >= 11 is 0. The van der Waals surface area contributed by atoms with Gasteiger partial charge in [0, 0.05) is 18.9 Å². The van der Waals surface area contributed by atoms with E-state index < -0.39 is 0 Å². The number of amides is 1. The largest absolute Gasteiger partial charge is 0.355 e. The number of aryl methyl sites for hydroxylation is 1. The molecule has 2 rings (SSSR count). The monoisotopic (exact) mass is 175 g/mol. The van der Waals surface area contributed by atoms with Gasteiger partial charge in [0.05, 0.1) is 0 Å². The molecular formula is C11H13NO. The zero-order chi connectivity index (χ0) is 9.26. The average molecular weight is 175 g/mol. The molecule has 0 spiro atoms. The van der Waals surface area contributed by atoms with Gasteiger partial charge in [-0.2, -0.15) is 0 Å². The smallest absolute Gasteiger partial charge is 0.220 e. The summed E-state index contributed by atoms with van der Waals surface area (Å²) in [6.45, 7) is 2.86. The quantitative estimate of drug-likeness (QED) is 0.690. The van der Waals surface area contributed by atoms with E-state index in [0.717, 1.165) is 6.54 Å². The van der Waals surface area contributed by atoms with Gasteiger partial charge in [0.2, 0.25) is 5.91 Å². The molecule has 1 N–H and O–H groups in total. The van der Waals surface area contributed by atoms with Gasteiger partial charge in [0.1, 0.15) is 0 Å². The van der Waals surface area contributed by atoms with E-state index in [9.17, 15) is 4.79 Å². The Morgan fingerprint density at radius 3 is 2.54 bits per heavy atom. The third-order valence-electron chi connectivity index (χ3n) is 2.53. The van der Waals surface area contributed by atoms with Crippen molar-refractivity contribution in [3.05, 3.63) is 35.4 Å². The van der Waals surface area contributed by atoms with Gasteiger partial charge >= 0.3 is 0 Å². The van der Waals surface area contributed by atoms with Crippen molar-refractivity contribution in [2.24, 2.45) is 0 Å². The lowest BCUT2D eigenvalue weighted by atomic mass is 9.97. The minimum Gasteiger partial charge on any atom is -0.355 e. The van der Waals surface area contributed by atoms with Crippen LogP contribution in [0.3, 0.4) is 0 Å². The van der Waals surface area contributed by atoms with Crippen molar-refractivity contribution < 1.29 is 4.79 Å². The zero-order valence-corrected chi connectivity index (χ0v) is 7.71. The molecule has 13 heavy (non-hydrogen) atoms. The molecule has 1 aromatic carbocycles. The van der Waals surface area contributed by atoms with Crippen LogP contribution in [0.2, 0.25) is 0 Å². The summed E-state index contributed by atoms with van der Waals surface area (Å²) < 4.78 is 0. The molecule has 0 aliphatic carbocycles. The molecule has 0 radical (unpaired) electrons. The van der Waals surface area contributed by atoms with Crippen LogP contribution in [0.1, 0.15) is 23.5 Å². The molecule has 0 saturated carbocycles. The highest BCUT2D eigenvalue weighted by Crippen LogP contribution is 2.22. The molecule has 1 amide bonds. The number of carbonyl (C=O) groups excluding carboxylic acids is 1. The Hall–Kier alpha value is -1.31. The first-order valence-corrected chi connectivity index (χ1v) is 4.59. The Bertz CT molecular complexity index is 315. The van der Waals surface area contributed by atoms with Crippen molar-refractivity contribution >= 4 is 5.91 Å². The fourth-order valence-electron chi connectivity index (χ4n) is 1.68. The summed E-state index contributed by atoms with van der Waals surface area (Å²) in [5, 5.41) is 2.84. The minimum absolute atomic E-state index is 0.172. The number of hydrogen-bond donors (Lipinski definition) is 1. The SMILES string of the molecule is Cc1ccc(C2CNC(=O)C2)cc1. The first kappa shape index (κ1) is 8.30. The number of hydrogen-bond acceptors (Lipinski definition) is 1. The molecule has 0 bridgehead atoms. The van der Waals surface area contributed by atoms with Gasteiger partial charge in [-0.15, -0.1) is 0 Å². The minimum atomic E-state index is 0.172. The Morgan fingerprint density at radius 1 is 1.31 bits per heavy atom. The van der Waals surface area contributed by atoms with Crippen LogP contribution >= 0.6 is 0 Å². The van der Waals surface area contributed by atoms with E-state index in [1.807, 2.05) is 0 Å². The van der Waals surface area contributed by atoms with Gasteiger partial charge in [-0.05, 0) is 12.5 Å². The maximum Gasteiger partial charge on any atom is 0.220 e. The summed E-state index contributed by atoms with van der Waals surface area (Å²) in [5.74, 6) is 0.554. The standard InChI is InChI=1S/C11H13NO/c1-8-2-4-9(5-3-8)10-6-11(13)12-7-10/h2-5,10H,6-7H2,1H3,(H,12,13). The van der Waals surface area contributed by atoms with Crippen molar-refractivity contribution in [1.82, 2.24) is 5.32 Å². The normalized spacial score (nSPS) is 21.6. The average Bonchev–Trinajstić information content (AvgIpc) is 2.53. The van der Waals surface area contributed by atoms with Crippen LogP contribution in [-0.4, -0.2) is 12.5 Å². The first-order valence-electron chi connectivity index (χ1n) is 4.59. The third kappa shape index (κ3) is 1.72. The Balaban J connectivity index is 2.17. The highest BCUT2D eigenvalue weighted by molar-refractivity contribution is 5.79. The number of benzene rings is 1. The van der Waals surface area contributed by atoms with E-state index in [1.54, 1.807) is 0 Å². The van der Waals surface area contributed by atoms with E-state index in [4.69, 9.17) is 0 Å². The first-order chi connectivity index (χ1) is 6.25. The number of rotatable bonds is 1. The molecule has 1 heterocycles. The van der Waals surface area contributed by atoms with Crippen molar-refractivity contribution in [3.8, 4) is 0 Å². The predicted octanol–water partition coefficient (Wildman–Crippen LogP) is 1.60. The van der Waals surface area contributed by atoms with Gasteiger partial charge in [-0.25, -0.2) is 0 Å². The lowest BCUT2D eigenvalue weighted by molar-refractivity contribution is -0.119. The van der Waals surface area contributed by atoms with Crippen LogP contribution in [0.5, 0.6) is 0 Å². The summed E-state index contributed by atoms with van der Waals surface area (Å²) in [6, 6.07) is 8.41. The fraction of sp³-hybridized carbons (Fsp3) is 0.364. The van der Waals surface area contributed by atoms with Crippen molar-refractivity contribution in [3.63, 3.8) is 0 Å². The maximum atomic E-state index is 11.0. The Labute approximate surface area is 78.0 Å². The van der Waals surface area contributed by atoms with Gasteiger partial charge < -0.3 is 5.32 Å². The van der Waals surface area contributed by atoms with E-state index in [2.05, 4.69) is 36.5 Å². The van der Waals surface area contributed by atoms with Gasteiger partial charge in [-0.3, -0.25) is 4.79 Å². The molecule has 2 nitrogen and oxygen atoms in total. The lowest BCUT2D eigenvalue weighted by Crippen LogP contribution is -2.13. The van der Waals surface area contributed by atoms with Crippen molar-refractivity contribution in [2.75, 3.05) is 6.54 Å². The Kier molecular flexibility index (Phi) is 2.05. The molecule has 1 saturated heterocycles. The van der Waals surface area contributed by atoms with Crippen molar-refractivity contribution in [1.29, 1.82) is 0 Å². The topological polar surface area (TPSA) is 29.1 Å². The summed E-state index contributed by atoms with van der Waals surface area (Å²) in [6.07, 6.45) is 0.642. The third-order valence-corrected chi connectivity index (χ3v) is 2.53. The molecule has 1 aliphatic rings. The molecule has 1 aliphatic heterocycles. The summed E-state index contributed by atoms with van der Waals surface area (Å²) in [4.78, 5) is 11.0. The highest BCUT2D eigenvalue weighted by atomic mass is 16.1. The molecule has 2 heteroatoms. The van der Waals surface area contributed by atoms with E-state index in [0.29, 0.717) is 12.3 Å². The van der Waals surface area contributed by atoms with Crippen LogP contribution in [0.4, 0.5) is 0 Å². The van der Waals surface area contributed by atoms with E-state index in [1.165, 1.54) is 11.1 Å². The fourth-order valence-corrected chi connectivity index (χ4v) is 1.68. The highest BCUT2D eigenvalue weighted by Gasteiger charge is 2.22. The summed E-state index contributed by atoms with van der Waals surface area (Å²) in [7, 11) is 0. The molecule has 1 fully saturated rings. The molecule has 0 aromatic heterocycles. The second-order valence-electron chi connectivity index (χ2n) is 3.62.